The average molecular weight is 244 g/mol. The third-order valence-corrected chi connectivity index (χ3v) is 3.43. The second-order valence-electron chi connectivity index (χ2n) is 4.78. The fraction of sp³-hybridized carbons (Fsp3) is 0.400. The van der Waals surface area contributed by atoms with Crippen LogP contribution in [0.4, 0.5) is 0 Å². The van der Waals surface area contributed by atoms with E-state index in [1.807, 2.05) is 48.9 Å². The van der Waals surface area contributed by atoms with Crippen LogP contribution in [-0.2, 0) is 4.79 Å². The number of amides is 1. The summed E-state index contributed by atoms with van der Waals surface area (Å²) in [6.45, 7) is 6.03. The highest BCUT2D eigenvalue weighted by Gasteiger charge is 2.17. The Bertz CT molecular complexity index is 544. The van der Waals surface area contributed by atoms with Crippen LogP contribution in [-0.4, -0.2) is 16.5 Å². The molecule has 1 amide bonds. The SMILES string of the molecule is CCC(C)NC(=O)C(C)n1ccc2ccccc21. The van der Waals surface area contributed by atoms with Crippen molar-refractivity contribution in [3.05, 3.63) is 36.5 Å². The van der Waals surface area contributed by atoms with Crippen molar-refractivity contribution in [3.63, 3.8) is 0 Å². The van der Waals surface area contributed by atoms with Crippen LogP contribution in [0, 0.1) is 0 Å². The fourth-order valence-corrected chi connectivity index (χ4v) is 2.03. The van der Waals surface area contributed by atoms with E-state index in [1.54, 1.807) is 0 Å². The number of para-hydroxylation sites is 1. The maximum atomic E-state index is 12.1. The largest absolute Gasteiger partial charge is 0.352 e. The molecule has 0 aliphatic rings. The highest BCUT2D eigenvalue weighted by atomic mass is 16.2. The van der Waals surface area contributed by atoms with Gasteiger partial charge in [0, 0.05) is 17.8 Å². The van der Waals surface area contributed by atoms with Crippen LogP contribution in [0.25, 0.3) is 10.9 Å². The highest BCUT2D eigenvalue weighted by molar-refractivity contribution is 5.85. The molecule has 3 heteroatoms. The maximum absolute atomic E-state index is 12.1. The third kappa shape index (κ3) is 2.40. The van der Waals surface area contributed by atoms with Gasteiger partial charge < -0.3 is 9.88 Å². The first-order chi connectivity index (χ1) is 8.63. The number of carbonyl (C=O) groups excluding carboxylic acids is 1. The number of nitrogens with zero attached hydrogens (tertiary/aromatic N) is 1. The minimum absolute atomic E-state index is 0.0747. The lowest BCUT2D eigenvalue weighted by atomic mass is 10.2. The quantitative estimate of drug-likeness (QED) is 0.881. The summed E-state index contributed by atoms with van der Waals surface area (Å²) in [6, 6.07) is 10.2. The number of benzene rings is 1. The molecule has 1 aromatic heterocycles. The van der Waals surface area contributed by atoms with Crippen molar-refractivity contribution < 1.29 is 4.79 Å². The summed E-state index contributed by atoms with van der Waals surface area (Å²) >= 11 is 0. The molecule has 1 N–H and O–H groups in total. The molecular formula is C15H20N2O. The number of hydrogen-bond acceptors (Lipinski definition) is 1. The number of fused-ring (bicyclic) bond motifs is 1. The van der Waals surface area contributed by atoms with Crippen molar-refractivity contribution in [1.29, 1.82) is 0 Å². The van der Waals surface area contributed by atoms with Crippen molar-refractivity contribution in [2.75, 3.05) is 0 Å². The molecule has 1 heterocycles. The van der Waals surface area contributed by atoms with Crippen molar-refractivity contribution in [2.24, 2.45) is 0 Å². The number of carbonyl (C=O) groups is 1. The summed E-state index contributed by atoms with van der Waals surface area (Å²) in [4.78, 5) is 12.1. The van der Waals surface area contributed by atoms with Crippen molar-refractivity contribution in [1.82, 2.24) is 9.88 Å². The molecule has 0 aliphatic heterocycles. The molecule has 0 radical (unpaired) electrons. The predicted molar refractivity (Wildman–Crippen MR) is 74.5 cm³/mol. The van der Waals surface area contributed by atoms with Gasteiger partial charge in [0.1, 0.15) is 6.04 Å². The van der Waals surface area contributed by atoms with Gasteiger partial charge in [0.2, 0.25) is 5.91 Å². The standard InChI is InChI=1S/C15H20N2O/c1-4-11(2)16-15(18)12(3)17-10-9-13-7-5-6-8-14(13)17/h5-12H,4H2,1-3H3,(H,16,18). The number of hydrogen-bond donors (Lipinski definition) is 1. The van der Waals surface area contributed by atoms with Gasteiger partial charge in [0.25, 0.3) is 0 Å². The van der Waals surface area contributed by atoms with Gasteiger partial charge in [-0.25, -0.2) is 0 Å². The van der Waals surface area contributed by atoms with Gasteiger partial charge in [-0.15, -0.1) is 0 Å². The van der Waals surface area contributed by atoms with Gasteiger partial charge in [-0.1, -0.05) is 25.1 Å². The van der Waals surface area contributed by atoms with Crippen LogP contribution in [0.5, 0.6) is 0 Å². The molecule has 2 unspecified atom stereocenters. The second kappa shape index (κ2) is 5.25. The van der Waals surface area contributed by atoms with Gasteiger partial charge in [0.15, 0.2) is 0 Å². The molecule has 0 aliphatic carbocycles. The second-order valence-corrected chi connectivity index (χ2v) is 4.78. The first-order valence-corrected chi connectivity index (χ1v) is 6.49. The molecule has 2 rings (SSSR count). The molecule has 3 nitrogen and oxygen atoms in total. The molecule has 0 saturated heterocycles. The number of nitrogens with one attached hydrogen (secondary N) is 1. The Morgan fingerprint density at radius 1 is 1.28 bits per heavy atom. The van der Waals surface area contributed by atoms with E-state index in [2.05, 4.69) is 18.3 Å². The van der Waals surface area contributed by atoms with E-state index in [4.69, 9.17) is 0 Å². The molecule has 0 spiro atoms. The van der Waals surface area contributed by atoms with Crippen molar-refractivity contribution in [3.8, 4) is 0 Å². The molecule has 2 atom stereocenters. The van der Waals surface area contributed by atoms with Gasteiger partial charge >= 0.3 is 0 Å². The van der Waals surface area contributed by atoms with Gasteiger partial charge in [-0.3, -0.25) is 4.79 Å². The molecule has 0 bridgehead atoms. The molecule has 0 fully saturated rings. The lowest BCUT2D eigenvalue weighted by molar-refractivity contribution is -0.124. The van der Waals surface area contributed by atoms with Crippen LogP contribution in [0.1, 0.15) is 33.2 Å². The normalized spacial score (nSPS) is 14.4. The summed E-state index contributed by atoms with van der Waals surface area (Å²) in [6.07, 6.45) is 2.93. The lowest BCUT2D eigenvalue weighted by Gasteiger charge is -2.18. The minimum atomic E-state index is -0.182. The Morgan fingerprint density at radius 2 is 2.00 bits per heavy atom. The van der Waals surface area contributed by atoms with E-state index in [0.717, 1.165) is 11.9 Å². The predicted octanol–water partition coefficient (Wildman–Crippen LogP) is 3.12. The molecule has 1 aromatic carbocycles. The highest BCUT2D eigenvalue weighted by Crippen LogP contribution is 2.19. The molecule has 2 aromatic rings. The van der Waals surface area contributed by atoms with Gasteiger partial charge in [-0.2, -0.15) is 0 Å². The minimum Gasteiger partial charge on any atom is -0.352 e. The summed E-state index contributed by atoms with van der Waals surface area (Å²) in [5.74, 6) is 0.0747. The monoisotopic (exact) mass is 244 g/mol. The zero-order valence-electron chi connectivity index (χ0n) is 11.2. The van der Waals surface area contributed by atoms with Gasteiger partial charge in [-0.05, 0) is 37.8 Å². The van der Waals surface area contributed by atoms with Crippen LogP contribution in [0.3, 0.4) is 0 Å². The Kier molecular flexibility index (Phi) is 3.70. The maximum Gasteiger partial charge on any atom is 0.242 e. The fourth-order valence-electron chi connectivity index (χ4n) is 2.03. The Labute approximate surface area is 108 Å². The zero-order valence-corrected chi connectivity index (χ0v) is 11.2. The summed E-state index contributed by atoms with van der Waals surface area (Å²) in [7, 11) is 0. The van der Waals surface area contributed by atoms with E-state index >= 15 is 0 Å². The summed E-state index contributed by atoms with van der Waals surface area (Å²) < 4.78 is 2.02. The Hall–Kier alpha value is -1.77. The molecule has 0 saturated carbocycles. The molecule has 18 heavy (non-hydrogen) atoms. The molecule has 96 valence electrons. The van der Waals surface area contributed by atoms with E-state index in [-0.39, 0.29) is 18.0 Å². The third-order valence-electron chi connectivity index (χ3n) is 3.43. The number of aromatic nitrogens is 1. The van der Waals surface area contributed by atoms with E-state index in [0.29, 0.717) is 0 Å². The Balaban J connectivity index is 2.23. The number of rotatable bonds is 4. The zero-order chi connectivity index (χ0) is 13.1. The summed E-state index contributed by atoms with van der Waals surface area (Å²) in [5, 5.41) is 4.19. The molecular weight excluding hydrogens is 224 g/mol. The Morgan fingerprint density at radius 3 is 2.72 bits per heavy atom. The smallest absolute Gasteiger partial charge is 0.242 e. The van der Waals surface area contributed by atoms with Crippen LogP contribution < -0.4 is 5.32 Å². The first kappa shape index (κ1) is 12.7. The van der Waals surface area contributed by atoms with Crippen molar-refractivity contribution in [2.45, 2.75) is 39.3 Å². The van der Waals surface area contributed by atoms with Crippen LogP contribution in [0.15, 0.2) is 36.5 Å². The van der Waals surface area contributed by atoms with E-state index < -0.39 is 0 Å². The van der Waals surface area contributed by atoms with Gasteiger partial charge in [0.05, 0.1) is 0 Å². The van der Waals surface area contributed by atoms with Crippen LogP contribution in [0.2, 0.25) is 0 Å². The van der Waals surface area contributed by atoms with E-state index in [1.165, 1.54) is 5.39 Å². The lowest BCUT2D eigenvalue weighted by Crippen LogP contribution is -2.36. The van der Waals surface area contributed by atoms with E-state index in [9.17, 15) is 4.79 Å². The van der Waals surface area contributed by atoms with Crippen molar-refractivity contribution >= 4 is 16.8 Å². The summed E-state index contributed by atoms with van der Waals surface area (Å²) in [5.41, 5.74) is 1.10. The first-order valence-electron chi connectivity index (χ1n) is 6.49. The average Bonchev–Trinajstić information content (AvgIpc) is 2.81. The van der Waals surface area contributed by atoms with Crippen LogP contribution >= 0.6 is 0 Å². The topological polar surface area (TPSA) is 34.0 Å².